The number of nitrogens with zero attached hydrogens (tertiary/aromatic N) is 2. The van der Waals surface area contributed by atoms with Gasteiger partial charge in [0.2, 0.25) is 0 Å². The van der Waals surface area contributed by atoms with E-state index in [2.05, 4.69) is 20.5 Å². The van der Waals surface area contributed by atoms with E-state index in [0.717, 1.165) is 25.5 Å². The van der Waals surface area contributed by atoms with E-state index in [1.54, 1.807) is 25.4 Å². The fraction of sp³-hybridized carbons (Fsp3) is 0.571. The van der Waals surface area contributed by atoms with Crippen molar-refractivity contribution in [3.63, 3.8) is 0 Å². The first-order valence-corrected chi connectivity index (χ1v) is 6.83. The minimum Gasteiger partial charge on any atom is -0.383 e. The summed E-state index contributed by atoms with van der Waals surface area (Å²) in [6.45, 7) is 5.72. The third-order valence-electron chi connectivity index (χ3n) is 2.84. The van der Waals surface area contributed by atoms with Gasteiger partial charge in [-0.15, -0.1) is 0 Å². The fourth-order valence-electron chi connectivity index (χ4n) is 1.67. The lowest BCUT2D eigenvalue weighted by Crippen LogP contribution is -2.34. The summed E-state index contributed by atoms with van der Waals surface area (Å²) in [5, 5.41) is 5.99. The maximum Gasteiger partial charge on any atom is 0.251 e. The molecule has 1 aromatic heterocycles. The van der Waals surface area contributed by atoms with E-state index in [1.165, 1.54) is 0 Å². The molecule has 0 aliphatic rings. The van der Waals surface area contributed by atoms with E-state index in [-0.39, 0.29) is 5.91 Å². The lowest BCUT2D eigenvalue weighted by atomic mass is 10.2. The molecule has 1 amide bonds. The maximum atomic E-state index is 12.0. The Morgan fingerprint density at radius 2 is 2.25 bits per heavy atom. The van der Waals surface area contributed by atoms with Crippen LogP contribution >= 0.6 is 0 Å². The van der Waals surface area contributed by atoms with Crippen molar-refractivity contribution in [1.29, 1.82) is 0 Å². The molecule has 1 rings (SSSR count). The Balaban J connectivity index is 2.37. The lowest BCUT2D eigenvalue weighted by molar-refractivity contribution is 0.0947. The molecule has 0 radical (unpaired) electrons. The number of nitrogens with one attached hydrogen (secondary N) is 2. The Kier molecular flexibility index (Phi) is 7.60. The Bertz CT molecular complexity index is 412. The zero-order valence-electron chi connectivity index (χ0n) is 12.5. The highest BCUT2D eigenvalue weighted by Gasteiger charge is 2.06. The van der Waals surface area contributed by atoms with Crippen molar-refractivity contribution in [2.24, 2.45) is 0 Å². The van der Waals surface area contributed by atoms with Crippen LogP contribution in [0.15, 0.2) is 18.3 Å². The second-order valence-corrected chi connectivity index (χ2v) is 4.51. The highest BCUT2D eigenvalue weighted by Crippen LogP contribution is 2.06. The van der Waals surface area contributed by atoms with Crippen molar-refractivity contribution in [2.75, 3.05) is 52.3 Å². The molecular weight excluding hydrogens is 256 g/mol. The molecular formula is C14H24N4O2. The summed E-state index contributed by atoms with van der Waals surface area (Å²) in [6.07, 6.45) is 1.64. The van der Waals surface area contributed by atoms with Crippen LogP contribution in [0.2, 0.25) is 0 Å². The molecule has 0 atom stereocenters. The number of rotatable bonds is 9. The van der Waals surface area contributed by atoms with Crippen molar-refractivity contribution >= 4 is 11.7 Å². The van der Waals surface area contributed by atoms with E-state index in [1.807, 2.05) is 14.0 Å². The van der Waals surface area contributed by atoms with Gasteiger partial charge in [-0.1, -0.05) is 0 Å². The number of methoxy groups -OCH3 is 1. The number of pyridine rings is 1. The maximum absolute atomic E-state index is 12.0. The van der Waals surface area contributed by atoms with Gasteiger partial charge in [0.15, 0.2) is 0 Å². The average molecular weight is 280 g/mol. The number of ether oxygens (including phenoxy) is 1. The first-order chi connectivity index (χ1) is 9.67. The van der Waals surface area contributed by atoms with Gasteiger partial charge in [-0.3, -0.25) is 4.79 Å². The molecule has 6 nitrogen and oxygen atoms in total. The van der Waals surface area contributed by atoms with Crippen LogP contribution in [-0.4, -0.2) is 62.7 Å². The predicted octanol–water partition coefficient (Wildman–Crippen LogP) is 0.821. The molecule has 0 aliphatic carbocycles. The van der Waals surface area contributed by atoms with Gasteiger partial charge in [0.05, 0.1) is 6.61 Å². The molecule has 0 aromatic carbocycles. The van der Waals surface area contributed by atoms with Gasteiger partial charge in [-0.2, -0.15) is 0 Å². The molecule has 0 bridgehead atoms. The average Bonchev–Trinajstić information content (AvgIpc) is 2.45. The summed E-state index contributed by atoms with van der Waals surface area (Å²) in [5.74, 6) is 0.643. The van der Waals surface area contributed by atoms with Gasteiger partial charge in [0.1, 0.15) is 5.82 Å². The zero-order chi connectivity index (χ0) is 14.8. The second kappa shape index (κ2) is 9.28. The van der Waals surface area contributed by atoms with Gasteiger partial charge in [0.25, 0.3) is 5.91 Å². The lowest BCUT2D eigenvalue weighted by Gasteiger charge is -2.16. The monoisotopic (exact) mass is 280 g/mol. The number of anilines is 1. The summed E-state index contributed by atoms with van der Waals surface area (Å²) < 4.78 is 5.00. The zero-order valence-corrected chi connectivity index (χ0v) is 12.5. The largest absolute Gasteiger partial charge is 0.383 e. The quantitative estimate of drug-likeness (QED) is 0.701. The topological polar surface area (TPSA) is 66.5 Å². The normalized spacial score (nSPS) is 10.6. The number of carbonyl (C=O) groups excluding carboxylic acids is 1. The Morgan fingerprint density at radius 1 is 1.45 bits per heavy atom. The van der Waals surface area contributed by atoms with E-state index < -0.39 is 0 Å². The van der Waals surface area contributed by atoms with Crippen LogP contribution in [0.25, 0.3) is 0 Å². The summed E-state index contributed by atoms with van der Waals surface area (Å²) in [4.78, 5) is 18.2. The third-order valence-corrected chi connectivity index (χ3v) is 2.84. The molecule has 0 fully saturated rings. The van der Waals surface area contributed by atoms with Crippen molar-refractivity contribution in [3.05, 3.63) is 23.9 Å². The van der Waals surface area contributed by atoms with Crippen LogP contribution in [0.1, 0.15) is 17.3 Å². The number of aromatic nitrogens is 1. The molecule has 0 spiro atoms. The number of carbonyl (C=O) groups is 1. The summed E-state index contributed by atoms with van der Waals surface area (Å²) in [7, 11) is 3.68. The molecule has 2 N–H and O–H groups in total. The third kappa shape index (κ3) is 5.99. The number of likely N-dealkylation sites (N-methyl/N-ethyl adjacent to an activating group) is 1. The fourth-order valence-corrected chi connectivity index (χ4v) is 1.67. The molecule has 6 heteroatoms. The molecule has 0 unspecified atom stereocenters. The number of hydrogen-bond acceptors (Lipinski definition) is 5. The summed E-state index contributed by atoms with van der Waals surface area (Å²) >= 11 is 0. The van der Waals surface area contributed by atoms with Crippen molar-refractivity contribution in [2.45, 2.75) is 6.92 Å². The van der Waals surface area contributed by atoms with Gasteiger partial charge in [0, 0.05) is 45.0 Å². The number of hydrogen-bond donors (Lipinski definition) is 2. The molecule has 0 aliphatic heterocycles. The second-order valence-electron chi connectivity index (χ2n) is 4.51. The molecule has 20 heavy (non-hydrogen) atoms. The minimum absolute atomic E-state index is 0.0771. The van der Waals surface area contributed by atoms with Gasteiger partial charge >= 0.3 is 0 Å². The highest BCUT2D eigenvalue weighted by atomic mass is 16.5. The highest BCUT2D eigenvalue weighted by molar-refractivity contribution is 5.94. The predicted molar refractivity (Wildman–Crippen MR) is 80.1 cm³/mol. The van der Waals surface area contributed by atoms with E-state index in [9.17, 15) is 4.79 Å². The van der Waals surface area contributed by atoms with Gasteiger partial charge in [-0.25, -0.2) is 4.98 Å². The van der Waals surface area contributed by atoms with Crippen LogP contribution in [0.5, 0.6) is 0 Å². The van der Waals surface area contributed by atoms with Crippen LogP contribution in [0.4, 0.5) is 5.82 Å². The van der Waals surface area contributed by atoms with Crippen molar-refractivity contribution in [3.8, 4) is 0 Å². The Hall–Kier alpha value is -1.66. The summed E-state index contributed by atoms with van der Waals surface area (Å²) in [6, 6.07) is 3.47. The first-order valence-electron chi connectivity index (χ1n) is 6.83. The molecule has 112 valence electrons. The van der Waals surface area contributed by atoms with E-state index >= 15 is 0 Å². The van der Waals surface area contributed by atoms with Crippen molar-refractivity contribution in [1.82, 2.24) is 15.2 Å². The minimum atomic E-state index is -0.0771. The van der Waals surface area contributed by atoms with Crippen molar-refractivity contribution < 1.29 is 9.53 Å². The summed E-state index contributed by atoms with van der Waals surface area (Å²) in [5.41, 5.74) is 0.621. The van der Waals surface area contributed by atoms with Gasteiger partial charge < -0.3 is 20.3 Å². The SMILES string of the molecule is CCNc1cc(C(=O)NCCN(C)CCOC)ccn1. The smallest absolute Gasteiger partial charge is 0.251 e. The molecule has 0 saturated heterocycles. The van der Waals surface area contributed by atoms with E-state index in [0.29, 0.717) is 18.7 Å². The Morgan fingerprint density at radius 3 is 2.95 bits per heavy atom. The van der Waals surface area contributed by atoms with Gasteiger partial charge in [-0.05, 0) is 26.1 Å². The molecule has 1 aromatic rings. The van der Waals surface area contributed by atoms with Crippen LogP contribution < -0.4 is 10.6 Å². The molecule has 1 heterocycles. The first kappa shape index (κ1) is 16.4. The van der Waals surface area contributed by atoms with Crippen LogP contribution in [-0.2, 0) is 4.74 Å². The number of amides is 1. The van der Waals surface area contributed by atoms with E-state index in [4.69, 9.17) is 4.74 Å². The standard InChI is InChI=1S/C14H24N4O2/c1-4-15-13-11-12(5-6-16-13)14(19)17-7-8-18(2)9-10-20-3/h5-6,11H,4,7-10H2,1-3H3,(H,15,16)(H,17,19). The van der Waals surface area contributed by atoms with Crippen LogP contribution in [0, 0.1) is 0 Å². The Labute approximate surface area is 120 Å². The molecule has 0 saturated carbocycles. The van der Waals surface area contributed by atoms with Crippen LogP contribution in [0.3, 0.4) is 0 Å².